The summed E-state index contributed by atoms with van der Waals surface area (Å²) >= 11 is 0. The van der Waals surface area contributed by atoms with Crippen LogP contribution in [-0.2, 0) is 30.7 Å². The van der Waals surface area contributed by atoms with E-state index in [4.69, 9.17) is 9.73 Å². The average molecular weight is 401 g/mol. The van der Waals surface area contributed by atoms with Crippen LogP contribution in [0.15, 0.2) is 35.6 Å². The first-order valence-electron chi connectivity index (χ1n) is 10.7. The zero-order chi connectivity index (χ0) is 20.9. The first-order valence-corrected chi connectivity index (χ1v) is 10.7. The Bertz CT molecular complexity index is 725. The first kappa shape index (κ1) is 22.9. The van der Waals surface area contributed by atoms with Crippen molar-refractivity contribution in [3.05, 3.63) is 47.5 Å². The Morgan fingerprint density at radius 2 is 1.90 bits per heavy atom. The van der Waals surface area contributed by atoms with Crippen LogP contribution in [0.2, 0.25) is 0 Å². The number of hydrogen-bond donors (Lipinski definition) is 1. The Hall–Kier alpha value is -2.41. The predicted molar refractivity (Wildman–Crippen MR) is 118 cm³/mol. The van der Waals surface area contributed by atoms with Gasteiger partial charge in [0.05, 0.1) is 0 Å². The van der Waals surface area contributed by atoms with E-state index in [-0.39, 0.29) is 0 Å². The predicted octanol–water partition coefficient (Wildman–Crippen LogP) is 2.91. The van der Waals surface area contributed by atoms with Crippen LogP contribution in [0.3, 0.4) is 0 Å². The van der Waals surface area contributed by atoms with Crippen molar-refractivity contribution in [2.75, 3.05) is 33.4 Å². The minimum Gasteiger partial charge on any atom is -0.382 e. The number of hydrogen-bond acceptors (Lipinski definition) is 4. The third-order valence-corrected chi connectivity index (χ3v) is 4.77. The zero-order valence-electron chi connectivity index (χ0n) is 18.4. The van der Waals surface area contributed by atoms with Crippen molar-refractivity contribution in [3.63, 3.8) is 0 Å². The summed E-state index contributed by atoms with van der Waals surface area (Å²) in [6.45, 7) is 10.9. The summed E-state index contributed by atoms with van der Waals surface area (Å²) in [5.41, 5.74) is 2.64. The van der Waals surface area contributed by atoms with Gasteiger partial charge < -0.3 is 19.5 Å². The third kappa shape index (κ3) is 7.85. The Kier molecular flexibility index (Phi) is 10.2. The van der Waals surface area contributed by atoms with Gasteiger partial charge in [-0.25, -0.2) is 0 Å². The topological polar surface area (TPSA) is 67.6 Å². The second-order valence-corrected chi connectivity index (χ2v) is 7.00. The molecular weight excluding hydrogens is 364 g/mol. The molecule has 7 heteroatoms. The van der Waals surface area contributed by atoms with Crippen molar-refractivity contribution < 1.29 is 4.74 Å². The van der Waals surface area contributed by atoms with Gasteiger partial charge in [-0.2, -0.15) is 0 Å². The minimum absolute atomic E-state index is 0.744. The number of nitrogens with zero attached hydrogens (tertiary/aromatic N) is 5. The minimum atomic E-state index is 0.744. The lowest BCUT2D eigenvalue weighted by molar-refractivity contribution is 0.146. The number of guanidine groups is 1. The number of benzene rings is 1. The Morgan fingerprint density at radius 3 is 2.59 bits per heavy atom. The highest BCUT2D eigenvalue weighted by atomic mass is 16.5. The van der Waals surface area contributed by atoms with Crippen molar-refractivity contribution in [1.82, 2.24) is 25.0 Å². The maximum atomic E-state index is 5.43. The van der Waals surface area contributed by atoms with E-state index in [1.807, 2.05) is 6.92 Å². The molecule has 1 aromatic heterocycles. The van der Waals surface area contributed by atoms with Crippen LogP contribution in [0, 0.1) is 0 Å². The molecule has 0 aliphatic rings. The van der Waals surface area contributed by atoms with Gasteiger partial charge in [-0.3, -0.25) is 4.99 Å². The van der Waals surface area contributed by atoms with E-state index < -0.39 is 0 Å². The fraction of sp³-hybridized carbons (Fsp3) is 0.591. The molecule has 0 unspecified atom stereocenters. The van der Waals surface area contributed by atoms with E-state index in [9.17, 15) is 0 Å². The van der Waals surface area contributed by atoms with Gasteiger partial charge >= 0.3 is 0 Å². The number of nitrogens with one attached hydrogen (secondary N) is 1. The van der Waals surface area contributed by atoms with Crippen LogP contribution in [0.1, 0.15) is 44.1 Å². The summed E-state index contributed by atoms with van der Waals surface area (Å²) < 4.78 is 7.51. The van der Waals surface area contributed by atoms with Crippen LogP contribution in [0.4, 0.5) is 0 Å². The van der Waals surface area contributed by atoms with Crippen LogP contribution in [0.5, 0.6) is 0 Å². The molecule has 2 rings (SSSR count). The lowest BCUT2D eigenvalue weighted by Gasteiger charge is -2.23. The number of ether oxygens (including phenoxy) is 1. The molecule has 0 saturated heterocycles. The third-order valence-electron chi connectivity index (χ3n) is 4.77. The van der Waals surface area contributed by atoms with E-state index in [2.05, 4.69) is 70.1 Å². The molecule has 160 valence electrons. The quantitative estimate of drug-likeness (QED) is 0.337. The van der Waals surface area contributed by atoms with Gasteiger partial charge in [0, 0.05) is 52.9 Å². The highest BCUT2D eigenvalue weighted by Crippen LogP contribution is 2.08. The van der Waals surface area contributed by atoms with Crippen molar-refractivity contribution in [2.45, 2.75) is 53.1 Å². The summed E-state index contributed by atoms with van der Waals surface area (Å²) in [5, 5.41) is 11.7. The summed E-state index contributed by atoms with van der Waals surface area (Å²) in [4.78, 5) is 6.97. The van der Waals surface area contributed by atoms with Crippen molar-refractivity contribution in [1.29, 1.82) is 0 Å². The SMILES string of the molecule is CCOCCCN=C(NCCn1cnnc1CC)N(C)Cc1ccc(CC)cc1. The second kappa shape index (κ2) is 12.9. The highest BCUT2D eigenvalue weighted by molar-refractivity contribution is 5.79. The fourth-order valence-corrected chi connectivity index (χ4v) is 3.06. The maximum absolute atomic E-state index is 5.43. The standard InChI is InChI=1S/C22H36N6O/c1-5-19-9-11-20(12-10-19)17-27(4)22(23-13-8-16-29-7-3)24-14-15-28-18-25-26-21(28)6-2/h9-12,18H,5-8,13-17H2,1-4H3,(H,23,24). The monoisotopic (exact) mass is 400 g/mol. The maximum Gasteiger partial charge on any atom is 0.194 e. The van der Waals surface area contributed by atoms with Crippen molar-refractivity contribution in [2.24, 2.45) is 4.99 Å². The van der Waals surface area contributed by atoms with Crippen LogP contribution < -0.4 is 5.32 Å². The van der Waals surface area contributed by atoms with Crippen LogP contribution in [-0.4, -0.2) is 59.0 Å². The molecular formula is C22H36N6O. The summed E-state index contributed by atoms with van der Waals surface area (Å²) in [5.74, 6) is 1.92. The van der Waals surface area contributed by atoms with E-state index >= 15 is 0 Å². The molecule has 0 bridgehead atoms. The molecule has 0 aliphatic carbocycles. The van der Waals surface area contributed by atoms with Gasteiger partial charge in [-0.15, -0.1) is 10.2 Å². The molecule has 0 atom stereocenters. The van der Waals surface area contributed by atoms with E-state index in [0.29, 0.717) is 0 Å². The highest BCUT2D eigenvalue weighted by Gasteiger charge is 2.08. The number of aliphatic imine (C=N–C) groups is 1. The molecule has 0 aliphatic heterocycles. The van der Waals surface area contributed by atoms with E-state index in [0.717, 1.165) is 70.4 Å². The molecule has 1 heterocycles. The molecule has 0 spiro atoms. The number of aromatic nitrogens is 3. The lowest BCUT2D eigenvalue weighted by Crippen LogP contribution is -2.40. The number of rotatable bonds is 12. The Labute approximate surface area is 175 Å². The van der Waals surface area contributed by atoms with Gasteiger partial charge in [0.2, 0.25) is 0 Å². The largest absolute Gasteiger partial charge is 0.382 e. The zero-order valence-corrected chi connectivity index (χ0v) is 18.4. The molecule has 0 amide bonds. The van der Waals surface area contributed by atoms with E-state index in [1.54, 1.807) is 6.33 Å². The second-order valence-electron chi connectivity index (χ2n) is 7.00. The van der Waals surface area contributed by atoms with Gasteiger partial charge in [-0.05, 0) is 30.9 Å². The van der Waals surface area contributed by atoms with Crippen LogP contribution in [0.25, 0.3) is 0 Å². The van der Waals surface area contributed by atoms with Gasteiger partial charge in [0.25, 0.3) is 0 Å². The van der Waals surface area contributed by atoms with Gasteiger partial charge in [0.15, 0.2) is 5.96 Å². The summed E-state index contributed by atoms with van der Waals surface area (Å²) in [7, 11) is 2.08. The normalized spacial score (nSPS) is 11.7. The van der Waals surface area contributed by atoms with E-state index in [1.165, 1.54) is 11.1 Å². The van der Waals surface area contributed by atoms with Gasteiger partial charge in [-0.1, -0.05) is 38.1 Å². The Morgan fingerprint density at radius 1 is 1.14 bits per heavy atom. The molecule has 1 aromatic carbocycles. The smallest absolute Gasteiger partial charge is 0.194 e. The summed E-state index contributed by atoms with van der Waals surface area (Å²) in [6, 6.07) is 8.81. The molecule has 29 heavy (non-hydrogen) atoms. The molecule has 7 nitrogen and oxygen atoms in total. The Balaban J connectivity index is 1.95. The first-order chi connectivity index (χ1) is 14.2. The fourth-order valence-electron chi connectivity index (χ4n) is 3.06. The van der Waals surface area contributed by atoms with Crippen LogP contribution >= 0.6 is 0 Å². The lowest BCUT2D eigenvalue weighted by atomic mass is 10.1. The molecule has 2 aromatic rings. The van der Waals surface area contributed by atoms with Crippen molar-refractivity contribution >= 4 is 5.96 Å². The average Bonchev–Trinajstić information content (AvgIpc) is 3.20. The molecule has 0 saturated carbocycles. The molecule has 0 fully saturated rings. The van der Waals surface area contributed by atoms with Crippen molar-refractivity contribution in [3.8, 4) is 0 Å². The molecule has 0 radical (unpaired) electrons. The summed E-state index contributed by atoms with van der Waals surface area (Å²) in [6.07, 6.45) is 4.65. The van der Waals surface area contributed by atoms with Gasteiger partial charge in [0.1, 0.15) is 12.2 Å². The number of aryl methyl sites for hydroxylation is 2. The molecule has 1 N–H and O–H groups in total.